The Morgan fingerprint density at radius 3 is 2.21 bits per heavy atom. The molecule has 2 aliphatic rings. The van der Waals surface area contributed by atoms with Crippen LogP contribution in [0.5, 0.6) is 0 Å². The van der Waals surface area contributed by atoms with Crippen molar-refractivity contribution in [2.45, 2.75) is 56.7 Å². The summed E-state index contributed by atoms with van der Waals surface area (Å²) in [4.78, 5) is 27.6. The molecule has 2 N–H and O–H groups in total. The van der Waals surface area contributed by atoms with Crippen molar-refractivity contribution >= 4 is 11.8 Å². The first-order valence-corrected chi connectivity index (χ1v) is 12.6. The average Bonchev–Trinajstić information content (AvgIpc) is 2.82. The van der Waals surface area contributed by atoms with E-state index < -0.39 is 0 Å². The Kier molecular flexibility index (Phi) is 8.72. The van der Waals surface area contributed by atoms with E-state index in [9.17, 15) is 9.59 Å². The lowest BCUT2D eigenvalue weighted by Gasteiger charge is -2.37. The minimum atomic E-state index is -0.178. The first-order valence-electron chi connectivity index (χ1n) is 12.6. The van der Waals surface area contributed by atoms with Gasteiger partial charge in [0.25, 0.3) is 0 Å². The molecule has 1 aliphatic carbocycles. The molecule has 0 aromatic heterocycles. The number of hydrogen-bond acceptors (Lipinski definition) is 4. The number of hydrogen-bond donors (Lipinski definition) is 2. The number of methoxy groups -OCH3 is 1. The van der Waals surface area contributed by atoms with Crippen LogP contribution in [0.25, 0.3) is 0 Å². The molecule has 1 aliphatic heterocycles. The fourth-order valence-corrected chi connectivity index (χ4v) is 4.88. The third-order valence-corrected chi connectivity index (χ3v) is 7.21. The van der Waals surface area contributed by atoms with Gasteiger partial charge in [0.1, 0.15) is 0 Å². The van der Waals surface area contributed by atoms with Gasteiger partial charge in [-0.05, 0) is 36.8 Å². The van der Waals surface area contributed by atoms with Crippen molar-refractivity contribution in [3.8, 4) is 0 Å². The smallest absolute Gasteiger partial charge is 0.224 e. The average molecular weight is 464 g/mol. The van der Waals surface area contributed by atoms with Gasteiger partial charge in [-0.2, -0.15) is 0 Å². The molecule has 1 saturated carbocycles. The first-order chi connectivity index (χ1) is 16.6. The zero-order chi connectivity index (χ0) is 23.8. The fourth-order valence-electron chi connectivity index (χ4n) is 4.88. The Balaban J connectivity index is 1.30. The summed E-state index contributed by atoms with van der Waals surface area (Å²) in [6, 6.07) is 20.0. The second kappa shape index (κ2) is 12.1. The molecule has 2 fully saturated rings. The van der Waals surface area contributed by atoms with Gasteiger partial charge in [-0.3, -0.25) is 9.59 Å². The molecule has 6 nitrogen and oxygen atoms in total. The van der Waals surface area contributed by atoms with Crippen LogP contribution in [0.1, 0.15) is 49.3 Å². The summed E-state index contributed by atoms with van der Waals surface area (Å²) in [7, 11) is 1.73. The van der Waals surface area contributed by atoms with Crippen LogP contribution in [-0.2, 0) is 20.7 Å². The van der Waals surface area contributed by atoms with Gasteiger partial charge in [0.05, 0.1) is 18.6 Å². The maximum atomic E-state index is 12.8. The molecule has 182 valence electrons. The van der Waals surface area contributed by atoms with Gasteiger partial charge in [-0.25, -0.2) is 0 Å². The maximum absolute atomic E-state index is 12.8. The number of carbonyl (C=O) groups is 2. The molecule has 34 heavy (non-hydrogen) atoms. The first kappa shape index (κ1) is 24.4. The Hall–Kier alpha value is -2.70. The number of nitrogens with one attached hydrogen (secondary N) is 2. The number of piperidine rings is 1. The van der Waals surface area contributed by atoms with Crippen LogP contribution in [0.15, 0.2) is 60.7 Å². The summed E-state index contributed by atoms with van der Waals surface area (Å²) in [6.07, 6.45) is 5.21. The fraction of sp³-hybridized carbons (Fsp3) is 0.500. The second-order valence-electron chi connectivity index (χ2n) is 9.60. The summed E-state index contributed by atoms with van der Waals surface area (Å²) in [5.41, 5.74) is 2.11. The van der Waals surface area contributed by atoms with E-state index in [1.54, 1.807) is 7.11 Å². The summed E-state index contributed by atoms with van der Waals surface area (Å²) in [5.74, 6) is 0.364. The number of amides is 2. The second-order valence-corrected chi connectivity index (χ2v) is 9.60. The summed E-state index contributed by atoms with van der Waals surface area (Å²) < 4.78 is 5.93. The van der Waals surface area contributed by atoms with E-state index >= 15 is 0 Å². The monoisotopic (exact) mass is 463 g/mol. The predicted octanol–water partition coefficient (Wildman–Crippen LogP) is 3.48. The van der Waals surface area contributed by atoms with Crippen molar-refractivity contribution in [3.63, 3.8) is 0 Å². The number of carbonyl (C=O) groups excluding carboxylic acids is 2. The molecule has 2 aromatic carbocycles. The molecule has 2 amide bonds. The molecule has 6 heteroatoms. The van der Waals surface area contributed by atoms with Gasteiger partial charge in [-0.15, -0.1) is 0 Å². The third kappa shape index (κ3) is 6.67. The molecular weight excluding hydrogens is 426 g/mol. The van der Waals surface area contributed by atoms with Crippen molar-refractivity contribution in [1.29, 1.82) is 0 Å². The van der Waals surface area contributed by atoms with Gasteiger partial charge in [0.2, 0.25) is 11.8 Å². The molecule has 0 radical (unpaired) electrons. The van der Waals surface area contributed by atoms with E-state index in [-0.39, 0.29) is 35.9 Å². The van der Waals surface area contributed by atoms with E-state index in [1.165, 1.54) is 0 Å². The van der Waals surface area contributed by atoms with E-state index in [1.807, 2.05) is 48.5 Å². The molecule has 0 unspecified atom stereocenters. The summed E-state index contributed by atoms with van der Waals surface area (Å²) >= 11 is 0. The Morgan fingerprint density at radius 1 is 0.971 bits per heavy atom. The van der Waals surface area contributed by atoms with Crippen molar-refractivity contribution in [2.75, 3.05) is 26.7 Å². The molecule has 1 saturated heterocycles. The molecule has 0 bridgehead atoms. The lowest BCUT2D eigenvalue weighted by molar-refractivity contribution is -0.129. The Bertz CT molecular complexity index is 909. The van der Waals surface area contributed by atoms with E-state index in [0.717, 1.165) is 62.9 Å². The number of likely N-dealkylation sites (tertiary alicyclic amines) is 1. The highest BCUT2D eigenvalue weighted by Gasteiger charge is 2.32. The number of rotatable bonds is 10. The van der Waals surface area contributed by atoms with Crippen molar-refractivity contribution in [2.24, 2.45) is 5.92 Å². The highest BCUT2D eigenvalue weighted by molar-refractivity contribution is 5.80. The van der Waals surface area contributed by atoms with Crippen LogP contribution in [-0.4, -0.2) is 55.6 Å². The van der Waals surface area contributed by atoms with E-state index in [2.05, 4.69) is 27.7 Å². The van der Waals surface area contributed by atoms with Gasteiger partial charge < -0.3 is 20.3 Å². The van der Waals surface area contributed by atoms with Crippen LogP contribution >= 0.6 is 0 Å². The predicted molar refractivity (Wildman–Crippen MR) is 133 cm³/mol. The highest BCUT2D eigenvalue weighted by Crippen LogP contribution is 2.29. The SMILES string of the molecule is CO[C@H](CN1CCC(NC(=O)Cc2ccccc2)CC1)[C@H](NC(=O)C1CCC1)c1ccccc1. The van der Waals surface area contributed by atoms with E-state index in [4.69, 9.17) is 4.74 Å². The lowest BCUT2D eigenvalue weighted by Crippen LogP contribution is -2.50. The van der Waals surface area contributed by atoms with E-state index in [0.29, 0.717) is 6.42 Å². The van der Waals surface area contributed by atoms with Gasteiger partial charge in [-0.1, -0.05) is 67.1 Å². The van der Waals surface area contributed by atoms with Gasteiger partial charge in [0, 0.05) is 38.7 Å². The zero-order valence-corrected chi connectivity index (χ0v) is 20.1. The van der Waals surface area contributed by atoms with Crippen molar-refractivity contribution < 1.29 is 14.3 Å². The Labute approximate surface area is 203 Å². The third-order valence-electron chi connectivity index (χ3n) is 7.21. The summed E-state index contributed by atoms with van der Waals surface area (Å²) in [6.45, 7) is 2.54. The summed E-state index contributed by atoms with van der Waals surface area (Å²) in [5, 5.41) is 6.49. The normalized spacial score (nSPS) is 19.1. The maximum Gasteiger partial charge on any atom is 0.224 e. The molecule has 0 spiro atoms. The molecule has 2 aromatic rings. The topological polar surface area (TPSA) is 70.7 Å². The van der Waals surface area contributed by atoms with Crippen LogP contribution in [0.2, 0.25) is 0 Å². The minimum absolute atomic E-state index is 0.0854. The number of benzene rings is 2. The number of ether oxygens (including phenoxy) is 1. The van der Waals surface area contributed by atoms with Crippen LogP contribution in [0, 0.1) is 5.92 Å². The molecule has 4 rings (SSSR count). The largest absolute Gasteiger partial charge is 0.378 e. The van der Waals surface area contributed by atoms with Gasteiger partial charge >= 0.3 is 0 Å². The van der Waals surface area contributed by atoms with Crippen molar-refractivity contribution in [3.05, 3.63) is 71.8 Å². The molecule has 1 heterocycles. The van der Waals surface area contributed by atoms with Gasteiger partial charge in [0.15, 0.2) is 0 Å². The molecular formula is C28H37N3O3. The Morgan fingerprint density at radius 2 is 1.62 bits per heavy atom. The van der Waals surface area contributed by atoms with Crippen molar-refractivity contribution in [1.82, 2.24) is 15.5 Å². The standard InChI is InChI=1S/C28H37N3O3/c1-34-25(27(22-11-6-3-7-12-22)30-28(33)23-13-8-14-23)20-31-17-15-24(16-18-31)29-26(32)19-21-9-4-2-5-10-21/h2-7,9-12,23-25,27H,8,13-20H2,1H3,(H,29,32)(H,30,33)/t25-,27-/m1/s1. The van der Waals surface area contributed by atoms with Crippen LogP contribution in [0.3, 0.4) is 0 Å². The van der Waals surface area contributed by atoms with Crippen LogP contribution in [0.4, 0.5) is 0 Å². The minimum Gasteiger partial charge on any atom is -0.378 e. The quantitative estimate of drug-likeness (QED) is 0.566. The van der Waals surface area contributed by atoms with Crippen LogP contribution < -0.4 is 10.6 Å². The lowest BCUT2D eigenvalue weighted by atomic mass is 9.84. The zero-order valence-electron chi connectivity index (χ0n) is 20.1. The highest BCUT2D eigenvalue weighted by atomic mass is 16.5. The number of nitrogens with zero attached hydrogens (tertiary/aromatic N) is 1. The molecule has 2 atom stereocenters.